The largest absolute Gasteiger partial charge is 0.481 e. The summed E-state index contributed by atoms with van der Waals surface area (Å²) in [6, 6.07) is 3.86. The first-order valence-corrected chi connectivity index (χ1v) is 5.10. The van der Waals surface area contributed by atoms with E-state index in [2.05, 4.69) is 0 Å². The quantitative estimate of drug-likeness (QED) is 0.473. The van der Waals surface area contributed by atoms with E-state index in [1.54, 1.807) is 6.92 Å². The standard InChI is InChI=1S/C11H14N2O4/c1-3-11(2,10(14)15)8-6-7(13(16)17)4-5-9(8)12/h4-6H,3,12H2,1-2H3,(H,14,15). The topological polar surface area (TPSA) is 106 Å². The SMILES string of the molecule is CCC(C)(C(=O)O)c1cc([N+](=O)[O-])ccc1N. The molecule has 0 spiro atoms. The molecule has 0 saturated heterocycles. The second-order valence-corrected chi connectivity index (χ2v) is 4.02. The third-order valence-corrected chi connectivity index (χ3v) is 3.02. The van der Waals surface area contributed by atoms with Crippen molar-refractivity contribution >= 4 is 17.3 Å². The number of hydrogen-bond donors (Lipinski definition) is 2. The van der Waals surface area contributed by atoms with Crippen LogP contribution < -0.4 is 5.73 Å². The maximum Gasteiger partial charge on any atom is 0.313 e. The van der Waals surface area contributed by atoms with Crippen LogP contribution in [0.1, 0.15) is 25.8 Å². The monoisotopic (exact) mass is 238 g/mol. The number of carboxylic acids is 1. The molecule has 0 aliphatic rings. The molecule has 3 N–H and O–H groups in total. The minimum absolute atomic E-state index is 0.157. The third-order valence-electron chi connectivity index (χ3n) is 3.02. The molecule has 1 aromatic carbocycles. The van der Waals surface area contributed by atoms with E-state index in [1.165, 1.54) is 25.1 Å². The molecular weight excluding hydrogens is 224 g/mol. The Labute approximate surface area is 98.2 Å². The molecule has 0 heterocycles. The number of nitro groups is 1. The minimum atomic E-state index is -1.21. The van der Waals surface area contributed by atoms with Gasteiger partial charge in [-0.05, 0) is 25.0 Å². The molecule has 6 nitrogen and oxygen atoms in total. The van der Waals surface area contributed by atoms with Crippen molar-refractivity contribution in [3.8, 4) is 0 Å². The summed E-state index contributed by atoms with van der Waals surface area (Å²) in [7, 11) is 0. The normalized spacial score (nSPS) is 14.0. The van der Waals surface area contributed by atoms with Crippen LogP contribution in [0.4, 0.5) is 11.4 Å². The van der Waals surface area contributed by atoms with Gasteiger partial charge in [0.15, 0.2) is 0 Å². The molecule has 0 radical (unpaired) electrons. The summed E-state index contributed by atoms with van der Waals surface area (Å²) in [5.41, 5.74) is 4.87. The van der Waals surface area contributed by atoms with Gasteiger partial charge in [-0.25, -0.2) is 0 Å². The summed E-state index contributed by atoms with van der Waals surface area (Å²) < 4.78 is 0. The number of nitrogen functional groups attached to an aromatic ring is 1. The molecule has 92 valence electrons. The number of nitro benzene ring substituents is 1. The number of carboxylic acid groups (broad SMARTS) is 1. The Hall–Kier alpha value is -2.11. The highest BCUT2D eigenvalue weighted by Gasteiger charge is 2.36. The molecule has 1 aromatic rings. The fourth-order valence-corrected chi connectivity index (χ4v) is 1.59. The Morgan fingerprint density at radius 1 is 1.59 bits per heavy atom. The molecule has 0 saturated carbocycles. The minimum Gasteiger partial charge on any atom is -0.481 e. The summed E-state index contributed by atoms with van der Waals surface area (Å²) in [4.78, 5) is 21.4. The van der Waals surface area contributed by atoms with Gasteiger partial charge in [0.05, 0.1) is 10.3 Å². The van der Waals surface area contributed by atoms with Gasteiger partial charge in [0, 0.05) is 17.8 Å². The zero-order valence-corrected chi connectivity index (χ0v) is 9.64. The number of nitrogens with two attached hydrogens (primary N) is 1. The van der Waals surface area contributed by atoms with E-state index in [9.17, 15) is 20.0 Å². The van der Waals surface area contributed by atoms with Crippen LogP contribution in [-0.4, -0.2) is 16.0 Å². The van der Waals surface area contributed by atoms with E-state index >= 15 is 0 Å². The van der Waals surface area contributed by atoms with Crippen molar-refractivity contribution in [3.05, 3.63) is 33.9 Å². The van der Waals surface area contributed by atoms with Crippen molar-refractivity contribution in [2.24, 2.45) is 0 Å². The highest BCUT2D eigenvalue weighted by Crippen LogP contribution is 2.34. The lowest BCUT2D eigenvalue weighted by Crippen LogP contribution is -2.32. The number of hydrogen-bond acceptors (Lipinski definition) is 4. The van der Waals surface area contributed by atoms with Gasteiger partial charge in [0.2, 0.25) is 0 Å². The molecule has 1 unspecified atom stereocenters. The average Bonchev–Trinajstić information content (AvgIpc) is 2.28. The molecular formula is C11H14N2O4. The van der Waals surface area contributed by atoms with Gasteiger partial charge < -0.3 is 10.8 Å². The number of benzene rings is 1. The number of anilines is 1. The molecule has 17 heavy (non-hydrogen) atoms. The zero-order chi connectivity index (χ0) is 13.2. The van der Waals surface area contributed by atoms with Crippen molar-refractivity contribution in [3.63, 3.8) is 0 Å². The Morgan fingerprint density at radius 2 is 2.18 bits per heavy atom. The molecule has 0 aliphatic heterocycles. The van der Waals surface area contributed by atoms with Gasteiger partial charge in [0.25, 0.3) is 5.69 Å². The Kier molecular flexibility index (Phi) is 3.36. The lowest BCUT2D eigenvalue weighted by atomic mass is 9.79. The van der Waals surface area contributed by atoms with Crippen LogP contribution in [0.5, 0.6) is 0 Å². The number of aliphatic carboxylic acids is 1. The highest BCUT2D eigenvalue weighted by molar-refractivity contribution is 5.83. The van der Waals surface area contributed by atoms with Crippen LogP contribution in [0.2, 0.25) is 0 Å². The van der Waals surface area contributed by atoms with Crippen molar-refractivity contribution in [1.82, 2.24) is 0 Å². The zero-order valence-electron chi connectivity index (χ0n) is 9.64. The van der Waals surface area contributed by atoms with Crippen molar-refractivity contribution in [2.75, 3.05) is 5.73 Å². The molecule has 6 heteroatoms. The highest BCUT2D eigenvalue weighted by atomic mass is 16.6. The summed E-state index contributed by atoms with van der Waals surface area (Å²) in [6.07, 6.45) is 0.299. The van der Waals surface area contributed by atoms with E-state index in [1.807, 2.05) is 0 Å². The van der Waals surface area contributed by atoms with E-state index in [0.717, 1.165) is 0 Å². The summed E-state index contributed by atoms with van der Waals surface area (Å²) >= 11 is 0. The van der Waals surface area contributed by atoms with Crippen LogP contribution in [0.25, 0.3) is 0 Å². The summed E-state index contributed by atoms with van der Waals surface area (Å²) in [5, 5.41) is 19.9. The molecule has 0 aromatic heterocycles. The van der Waals surface area contributed by atoms with Crippen molar-refractivity contribution < 1.29 is 14.8 Å². The van der Waals surface area contributed by atoms with Gasteiger partial charge in [-0.1, -0.05) is 6.92 Å². The van der Waals surface area contributed by atoms with Crippen LogP contribution in [-0.2, 0) is 10.2 Å². The van der Waals surface area contributed by atoms with Crippen LogP contribution in [0.3, 0.4) is 0 Å². The number of nitrogens with zero attached hydrogens (tertiary/aromatic N) is 1. The van der Waals surface area contributed by atoms with E-state index < -0.39 is 16.3 Å². The average molecular weight is 238 g/mol. The first kappa shape index (κ1) is 13.0. The fraction of sp³-hybridized carbons (Fsp3) is 0.364. The smallest absolute Gasteiger partial charge is 0.313 e. The summed E-state index contributed by atoms with van der Waals surface area (Å²) in [5.74, 6) is -1.05. The first-order valence-electron chi connectivity index (χ1n) is 5.10. The predicted molar refractivity (Wildman–Crippen MR) is 62.8 cm³/mol. The van der Waals surface area contributed by atoms with Crippen LogP contribution in [0.15, 0.2) is 18.2 Å². The van der Waals surface area contributed by atoms with E-state index in [-0.39, 0.29) is 16.9 Å². The molecule has 0 aliphatic carbocycles. The lowest BCUT2D eigenvalue weighted by Gasteiger charge is -2.24. The molecule has 1 rings (SSSR count). The molecule has 0 bridgehead atoms. The van der Waals surface area contributed by atoms with Gasteiger partial charge in [-0.15, -0.1) is 0 Å². The van der Waals surface area contributed by atoms with Crippen LogP contribution >= 0.6 is 0 Å². The fourth-order valence-electron chi connectivity index (χ4n) is 1.59. The number of carbonyl (C=O) groups is 1. The van der Waals surface area contributed by atoms with Crippen LogP contribution in [0, 0.1) is 10.1 Å². The second kappa shape index (κ2) is 4.40. The first-order chi connectivity index (χ1) is 7.82. The summed E-state index contributed by atoms with van der Waals surface area (Å²) in [6.45, 7) is 3.21. The second-order valence-electron chi connectivity index (χ2n) is 4.02. The molecule has 0 amide bonds. The van der Waals surface area contributed by atoms with Gasteiger partial charge in [-0.3, -0.25) is 14.9 Å². The molecule has 0 fully saturated rings. The van der Waals surface area contributed by atoms with Crippen molar-refractivity contribution in [1.29, 1.82) is 0 Å². The number of rotatable bonds is 4. The van der Waals surface area contributed by atoms with Gasteiger partial charge in [-0.2, -0.15) is 0 Å². The van der Waals surface area contributed by atoms with Gasteiger partial charge in [0.1, 0.15) is 0 Å². The maximum atomic E-state index is 11.3. The molecule has 1 atom stereocenters. The Morgan fingerprint density at radius 3 is 2.59 bits per heavy atom. The van der Waals surface area contributed by atoms with E-state index in [4.69, 9.17) is 5.73 Å². The Balaban J connectivity index is 3.43. The lowest BCUT2D eigenvalue weighted by molar-refractivity contribution is -0.384. The van der Waals surface area contributed by atoms with Gasteiger partial charge >= 0.3 is 5.97 Å². The third kappa shape index (κ3) is 2.20. The maximum absolute atomic E-state index is 11.3. The Bertz CT molecular complexity index is 473. The number of non-ortho nitro benzene ring substituents is 1. The van der Waals surface area contributed by atoms with Crippen molar-refractivity contribution in [2.45, 2.75) is 25.7 Å². The van der Waals surface area contributed by atoms with E-state index in [0.29, 0.717) is 6.42 Å². The predicted octanol–water partition coefficient (Wildman–Crippen LogP) is 1.93.